The third-order valence-electron chi connectivity index (χ3n) is 2.65. The van der Waals surface area contributed by atoms with Crippen LogP contribution in [0.5, 0.6) is 0 Å². The van der Waals surface area contributed by atoms with E-state index in [1.165, 1.54) is 24.0 Å². The number of carbonyl (C=O) groups is 1. The predicted molar refractivity (Wildman–Crippen MR) is 85.9 cm³/mol. The smallest absolute Gasteiger partial charge is 0.321 e. The maximum atomic E-state index is 12.8. The van der Waals surface area contributed by atoms with Crippen LogP contribution in [0.2, 0.25) is 5.02 Å². The Bertz CT molecular complexity index is 758. The number of hydrogen-bond donors (Lipinski definition) is 1. The summed E-state index contributed by atoms with van der Waals surface area (Å²) in [5.41, 5.74) is -1.04. The van der Waals surface area contributed by atoms with Crippen molar-refractivity contribution in [3.63, 3.8) is 0 Å². The minimum absolute atomic E-state index is 0.0212. The van der Waals surface area contributed by atoms with E-state index in [4.69, 9.17) is 11.6 Å². The normalized spacial score (nSPS) is 11.4. The average Bonchev–Trinajstić information content (AvgIpc) is 2.48. The second kappa shape index (κ2) is 7.06. The molecular weight excluding hydrogens is 419 g/mol. The summed E-state index contributed by atoms with van der Waals surface area (Å²) in [7, 11) is 0. The molecule has 0 atom stereocenters. The first-order chi connectivity index (χ1) is 10.7. The van der Waals surface area contributed by atoms with E-state index >= 15 is 0 Å². The number of carbonyl (C=O) groups excluding carboxylic acids is 1. The molecule has 0 radical (unpaired) electrons. The van der Waals surface area contributed by atoms with Crippen molar-refractivity contribution < 1.29 is 18.0 Å². The lowest BCUT2D eigenvalue weighted by atomic mass is 10.2. The van der Waals surface area contributed by atoms with Gasteiger partial charge in [0.25, 0.3) is 5.91 Å². The highest BCUT2D eigenvalue weighted by atomic mass is 79.9. The molecule has 0 aliphatic heterocycles. The van der Waals surface area contributed by atoms with Crippen LogP contribution in [0.15, 0.2) is 34.0 Å². The van der Waals surface area contributed by atoms with Crippen molar-refractivity contribution in [3.05, 3.63) is 45.1 Å². The first kappa shape index (κ1) is 18.0. The van der Waals surface area contributed by atoms with Crippen molar-refractivity contribution in [1.29, 1.82) is 0 Å². The Labute approximate surface area is 147 Å². The van der Waals surface area contributed by atoms with E-state index < -0.39 is 22.7 Å². The predicted octanol–water partition coefficient (Wildman–Crippen LogP) is 4.89. The molecule has 0 bridgehead atoms. The molecule has 1 aromatic heterocycles. The Morgan fingerprint density at radius 2 is 2.09 bits per heavy atom. The number of thioether (sulfide) groups is 1. The fourth-order valence-corrected chi connectivity index (χ4v) is 2.56. The number of anilines is 1. The van der Waals surface area contributed by atoms with E-state index in [0.29, 0.717) is 9.63 Å². The van der Waals surface area contributed by atoms with Crippen LogP contribution in [0.3, 0.4) is 0 Å². The fraction of sp³-hybridized carbons (Fsp3) is 0.154. The molecule has 0 saturated carbocycles. The summed E-state index contributed by atoms with van der Waals surface area (Å²) in [6.07, 6.45) is -1.48. The molecule has 2 rings (SSSR count). The van der Waals surface area contributed by atoms with E-state index in [1.54, 1.807) is 6.26 Å². The van der Waals surface area contributed by atoms with Gasteiger partial charge in [-0.3, -0.25) is 4.79 Å². The average molecular weight is 427 g/mol. The molecule has 0 saturated heterocycles. The lowest BCUT2D eigenvalue weighted by molar-refractivity contribution is -0.137. The van der Waals surface area contributed by atoms with Crippen molar-refractivity contribution >= 4 is 50.9 Å². The Kier molecular flexibility index (Phi) is 5.53. The van der Waals surface area contributed by atoms with Crippen LogP contribution in [0.1, 0.15) is 16.1 Å². The van der Waals surface area contributed by atoms with Gasteiger partial charge in [0.05, 0.1) is 15.1 Å². The number of aromatic nitrogens is 2. The molecule has 122 valence electrons. The lowest BCUT2D eigenvalue weighted by Crippen LogP contribution is -2.16. The summed E-state index contributed by atoms with van der Waals surface area (Å²) in [4.78, 5) is 20.2. The summed E-state index contributed by atoms with van der Waals surface area (Å²) in [5, 5.41) is 2.29. The van der Waals surface area contributed by atoms with E-state index in [2.05, 4.69) is 31.2 Å². The van der Waals surface area contributed by atoms with Gasteiger partial charge in [-0.05, 0) is 40.4 Å². The zero-order chi connectivity index (χ0) is 17.2. The highest BCUT2D eigenvalue weighted by molar-refractivity contribution is 9.10. The molecule has 2 aromatic rings. The summed E-state index contributed by atoms with van der Waals surface area (Å²) in [5.74, 6) is -0.662. The van der Waals surface area contributed by atoms with E-state index in [-0.39, 0.29) is 11.4 Å². The summed E-state index contributed by atoms with van der Waals surface area (Å²) in [6.45, 7) is 0. The SMILES string of the molecule is CSc1ncc(Br)c(C(=O)Nc2ccc(Cl)c(C(F)(F)F)c2)n1. The van der Waals surface area contributed by atoms with E-state index in [0.717, 1.165) is 12.1 Å². The van der Waals surface area contributed by atoms with Gasteiger partial charge in [0.15, 0.2) is 5.16 Å². The topological polar surface area (TPSA) is 54.9 Å². The third kappa shape index (κ3) is 4.36. The second-order valence-electron chi connectivity index (χ2n) is 4.20. The van der Waals surface area contributed by atoms with Gasteiger partial charge in [0.2, 0.25) is 0 Å². The van der Waals surface area contributed by atoms with Gasteiger partial charge in [0.1, 0.15) is 5.69 Å². The number of rotatable bonds is 3. The molecule has 10 heteroatoms. The van der Waals surface area contributed by atoms with Crippen molar-refractivity contribution in [2.24, 2.45) is 0 Å². The maximum absolute atomic E-state index is 12.8. The van der Waals surface area contributed by atoms with Crippen LogP contribution in [-0.4, -0.2) is 22.1 Å². The summed E-state index contributed by atoms with van der Waals surface area (Å²) < 4.78 is 38.8. The molecule has 0 spiro atoms. The molecule has 1 amide bonds. The standard InChI is InChI=1S/C13H8BrClF3N3OS/c1-23-12-19-5-8(14)10(21-12)11(22)20-6-2-3-9(15)7(4-6)13(16,17)18/h2-5H,1H3,(H,20,22). The van der Waals surface area contributed by atoms with Gasteiger partial charge >= 0.3 is 6.18 Å². The van der Waals surface area contributed by atoms with Crippen molar-refractivity contribution in [3.8, 4) is 0 Å². The maximum Gasteiger partial charge on any atom is 0.417 e. The van der Waals surface area contributed by atoms with Crippen molar-refractivity contribution in [2.75, 3.05) is 11.6 Å². The number of hydrogen-bond acceptors (Lipinski definition) is 4. The van der Waals surface area contributed by atoms with E-state index in [9.17, 15) is 18.0 Å². The molecule has 0 unspecified atom stereocenters. The first-order valence-corrected chi connectivity index (χ1v) is 8.36. The van der Waals surface area contributed by atoms with Gasteiger partial charge in [-0.1, -0.05) is 23.4 Å². The van der Waals surface area contributed by atoms with Crippen molar-refractivity contribution in [2.45, 2.75) is 11.3 Å². The highest BCUT2D eigenvalue weighted by Crippen LogP contribution is 2.36. The first-order valence-electron chi connectivity index (χ1n) is 5.97. The number of alkyl halides is 3. The Morgan fingerprint density at radius 3 is 2.70 bits per heavy atom. The summed E-state index contributed by atoms with van der Waals surface area (Å²) >= 11 is 9.90. The zero-order valence-corrected chi connectivity index (χ0v) is 14.6. The van der Waals surface area contributed by atoms with Gasteiger partial charge in [-0.2, -0.15) is 13.2 Å². The minimum atomic E-state index is -4.61. The monoisotopic (exact) mass is 425 g/mol. The molecule has 4 nitrogen and oxygen atoms in total. The number of amides is 1. The van der Waals surface area contributed by atoms with Crippen LogP contribution in [0.25, 0.3) is 0 Å². The molecule has 1 heterocycles. The van der Waals surface area contributed by atoms with E-state index in [1.807, 2.05) is 0 Å². The van der Waals surface area contributed by atoms with Gasteiger partial charge in [-0.25, -0.2) is 9.97 Å². The number of benzene rings is 1. The number of nitrogens with zero attached hydrogens (tertiary/aromatic N) is 2. The van der Waals surface area contributed by atoms with Crippen molar-refractivity contribution in [1.82, 2.24) is 9.97 Å². The van der Waals surface area contributed by atoms with Gasteiger partial charge in [0, 0.05) is 11.9 Å². The van der Waals surface area contributed by atoms with Crippen LogP contribution >= 0.6 is 39.3 Å². The zero-order valence-electron chi connectivity index (χ0n) is 11.4. The summed E-state index contributed by atoms with van der Waals surface area (Å²) in [6, 6.07) is 3.12. The molecule has 23 heavy (non-hydrogen) atoms. The number of halogens is 5. The molecule has 0 aliphatic rings. The minimum Gasteiger partial charge on any atom is -0.321 e. The van der Waals surface area contributed by atoms with Gasteiger partial charge in [-0.15, -0.1) is 0 Å². The van der Waals surface area contributed by atoms with Crippen LogP contribution in [0.4, 0.5) is 18.9 Å². The third-order valence-corrected chi connectivity index (χ3v) is 4.12. The lowest BCUT2D eigenvalue weighted by Gasteiger charge is -2.12. The highest BCUT2D eigenvalue weighted by Gasteiger charge is 2.33. The molecule has 1 N–H and O–H groups in total. The molecule has 0 aliphatic carbocycles. The quantitative estimate of drug-likeness (QED) is 0.561. The Hall–Kier alpha value is -1.32. The Balaban J connectivity index is 2.31. The van der Waals surface area contributed by atoms with Crippen LogP contribution in [-0.2, 0) is 6.18 Å². The Morgan fingerprint density at radius 1 is 1.39 bits per heavy atom. The van der Waals surface area contributed by atoms with Crippen LogP contribution in [0, 0.1) is 0 Å². The molecule has 0 fully saturated rings. The van der Waals surface area contributed by atoms with Crippen LogP contribution < -0.4 is 5.32 Å². The number of nitrogens with one attached hydrogen (secondary N) is 1. The second-order valence-corrected chi connectivity index (χ2v) is 6.23. The largest absolute Gasteiger partial charge is 0.417 e. The molecular formula is C13H8BrClF3N3OS. The molecule has 1 aromatic carbocycles. The fourth-order valence-electron chi connectivity index (χ4n) is 1.62. The van der Waals surface area contributed by atoms with Gasteiger partial charge < -0.3 is 5.32 Å².